The minimum Gasteiger partial charge on any atom is -0.493 e. The van der Waals surface area contributed by atoms with Gasteiger partial charge in [-0.1, -0.05) is 37.3 Å². The van der Waals surface area contributed by atoms with E-state index in [0.717, 1.165) is 37.2 Å². The second kappa shape index (κ2) is 10.6. The van der Waals surface area contributed by atoms with E-state index < -0.39 is 0 Å². The quantitative estimate of drug-likeness (QED) is 0.522. The molecule has 0 amide bonds. The molecule has 1 aromatic heterocycles. The third kappa shape index (κ3) is 5.51. The summed E-state index contributed by atoms with van der Waals surface area (Å²) in [5.41, 5.74) is 14.7. The van der Waals surface area contributed by atoms with Gasteiger partial charge < -0.3 is 25.7 Å². The van der Waals surface area contributed by atoms with Crippen molar-refractivity contribution >= 4 is 11.8 Å². The molecule has 2 unspecified atom stereocenters. The summed E-state index contributed by atoms with van der Waals surface area (Å²) in [5.74, 6) is 2.76. The SMILES string of the molecule is COc1cc(Cc2cnc(N)nc2N)cc(OC)c1OC1CCN(Cc2ccccc2)CC1C. The minimum atomic E-state index is 0.0711. The van der Waals surface area contributed by atoms with Crippen LogP contribution in [0.15, 0.2) is 48.7 Å². The van der Waals surface area contributed by atoms with Crippen molar-refractivity contribution in [3.63, 3.8) is 0 Å². The summed E-state index contributed by atoms with van der Waals surface area (Å²) in [6.45, 7) is 5.14. The monoisotopic (exact) mass is 463 g/mol. The van der Waals surface area contributed by atoms with E-state index in [-0.39, 0.29) is 12.1 Å². The van der Waals surface area contributed by atoms with Gasteiger partial charge in [-0.3, -0.25) is 4.90 Å². The molecule has 4 rings (SSSR count). The maximum absolute atomic E-state index is 6.51. The van der Waals surface area contributed by atoms with Gasteiger partial charge in [0.1, 0.15) is 11.9 Å². The fourth-order valence-electron chi connectivity index (χ4n) is 4.46. The molecule has 0 bridgehead atoms. The topological polar surface area (TPSA) is 109 Å². The van der Waals surface area contributed by atoms with E-state index in [2.05, 4.69) is 52.1 Å². The summed E-state index contributed by atoms with van der Waals surface area (Å²) in [5, 5.41) is 0. The van der Waals surface area contributed by atoms with Crippen LogP contribution in [0.3, 0.4) is 0 Å². The second-order valence-corrected chi connectivity index (χ2v) is 8.79. The van der Waals surface area contributed by atoms with Gasteiger partial charge in [0.25, 0.3) is 0 Å². The predicted molar refractivity (Wildman–Crippen MR) is 133 cm³/mol. The average Bonchev–Trinajstić information content (AvgIpc) is 2.83. The molecule has 2 heterocycles. The maximum atomic E-state index is 6.51. The molecule has 0 saturated carbocycles. The van der Waals surface area contributed by atoms with Crippen molar-refractivity contribution in [2.75, 3.05) is 38.8 Å². The van der Waals surface area contributed by atoms with Gasteiger partial charge >= 0.3 is 0 Å². The van der Waals surface area contributed by atoms with Crippen molar-refractivity contribution in [2.45, 2.75) is 32.4 Å². The van der Waals surface area contributed by atoms with Gasteiger partial charge in [0.15, 0.2) is 11.5 Å². The Labute approximate surface area is 200 Å². The number of hydrogen-bond donors (Lipinski definition) is 2. The number of aromatic nitrogens is 2. The van der Waals surface area contributed by atoms with Crippen LogP contribution in [0, 0.1) is 5.92 Å². The van der Waals surface area contributed by atoms with Gasteiger partial charge in [0, 0.05) is 43.7 Å². The van der Waals surface area contributed by atoms with Crippen LogP contribution in [0.4, 0.5) is 11.8 Å². The number of anilines is 2. The zero-order chi connectivity index (χ0) is 24.1. The largest absolute Gasteiger partial charge is 0.493 e. The zero-order valence-corrected chi connectivity index (χ0v) is 20.0. The molecular formula is C26H33N5O3. The number of piperidine rings is 1. The Bertz CT molecular complexity index is 1080. The highest BCUT2D eigenvalue weighted by atomic mass is 16.5. The Morgan fingerprint density at radius 3 is 2.35 bits per heavy atom. The molecule has 1 fully saturated rings. The van der Waals surface area contributed by atoms with E-state index >= 15 is 0 Å². The lowest BCUT2D eigenvalue weighted by Crippen LogP contribution is -2.44. The molecule has 180 valence electrons. The fraction of sp³-hybridized carbons (Fsp3) is 0.385. The third-order valence-corrected chi connectivity index (χ3v) is 6.26. The van der Waals surface area contributed by atoms with E-state index in [1.807, 2.05) is 12.1 Å². The van der Waals surface area contributed by atoms with Crippen LogP contribution < -0.4 is 25.7 Å². The number of nitrogens with two attached hydrogens (primary N) is 2. The lowest BCUT2D eigenvalue weighted by Gasteiger charge is -2.37. The summed E-state index contributed by atoms with van der Waals surface area (Å²) >= 11 is 0. The molecule has 0 aliphatic carbocycles. The number of likely N-dealkylation sites (tertiary alicyclic amines) is 1. The Morgan fingerprint density at radius 2 is 1.74 bits per heavy atom. The van der Waals surface area contributed by atoms with E-state index in [1.54, 1.807) is 20.4 Å². The first-order valence-electron chi connectivity index (χ1n) is 11.5. The summed E-state index contributed by atoms with van der Waals surface area (Å²) in [7, 11) is 3.27. The summed E-state index contributed by atoms with van der Waals surface area (Å²) in [4.78, 5) is 10.6. The molecule has 8 nitrogen and oxygen atoms in total. The first-order chi connectivity index (χ1) is 16.5. The second-order valence-electron chi connectivity index (χ2n) is 8.79. The van der Waals surface area contributed by atoms with E-state index in [9.17, 15) is 0 Å². The van der Waals surface area contributed by atoms with Crippen LogP contribution in [0.5, 0.6) is 17.2 Å². The first-order valence-corrected chi connectivity index (χ1v) is 11.5. The summed E-state index contributed by atoms with van der Waals surface area (Å²) in [6, 6.07) is 14.5. The van der Waals surface area contributed by atoms with Gasteiger partial charge in [0.05, 0.1) is 14.2 Å². The summed E-state index contributed by atoms with van der Waals surface area (Å²) < 4.78 is 17.9. The van der Waals surface area contributed by atoms with Gasteiger partial charge in [-0.15, -0.1) is 0 Å². The highest BCUT2D eigenvalue weighted by Crippen LogP contribution is 2.41. The van der Waals surface area contributed by atoms with Crippen molar-refractivity contribution < 1.29 is 14.2 Å². The third-order valence-electron chi connectivity index (χ3n) is 6.26. The van der Waals surface area contributed by atoms with Crippen molar-refractivity contribution in [2.24, 2.45) is 5.92 Å². The molecule has 1 saturated heterocycles. The fourth-order valence-corrected chi connectivity index (χ4v) is 4.46. The van der Waals surface area contributed by atoms with Crippen molar-refractivity contribution in [3.8, 4) is 17.2 Å². The smallest absolute Gasteiger partial charge is 0.221 e. The molecule has 34 heavy (non-hydrogen) atoms. The number of ether oxygens (including phenoxy) is 3. The number of nitrogen functional groups attached to an aromatic ring is 2. The van der Waals surface area contributed by atoms with Crippen LogP contribution in [0.1, 0.15) is 30.0 Å². The zero-order valence-electron chi connectivity index (χ0n) is 20.0. The standard InChI is InChI=1S/C26H33N5O3/c1-17-15-31(16-18-7-5-4-6-8-18)10-9-21(17)34-24-22(32-2)12-19(13-23(24)33-3)11-20-14-29-26(28)30-25(20)27/h4-8,12-14,17,21H,9-11,15-16H2,1-3H3,(H4,27,28,29,30). The van der Waals surface area contributed by atoms with Crippen LogP contribution >= 0.6 is 0 Å². The lowest BCUT2D eigenvalue weighted by molar-refractivity contribution is 0.0454. The first kappa shape index (κ1) is 23.6. The number of methoxy groups -OCH3 is 2. The number of benzene rings is 2. The summed E-state index contributed by atoms with van der Waals surface area (Å²) in [6.07, 6.45) is 3.17. The Hall–Kier alpha value is -3.52. The Kier molecular flexibility index (Phi) is 7.37. The average molecular weight is 464 g/mol. The number of rotatable bonds is 8. The van der Waals surface area contributed by atoms with Crippen LogP contribution in [-0.2, 0) is 13.0 Å². The van der Waals surface area contributed by atoms with Gasteiger partial charge in [-0.25, -0.2) is 4.98 Å². The maximum Gasteiger partial charge on any atom is 0.221 e. The van der Waals surface area contributed by atoms with Crippen molar-refractivity contribution in [1.82, 2.24) is 14.9 Å². The molecule has 4 N–H and O–H groups in total. The van der Waals surface area contributed by atoms with Crippen LogP contribution in [-0.4, -0.2) is 48.3 Å². The van der Waals surface area contributed by atoms with E-state index in [0.29, 0.717) is 35.4 Å². The lowest BCUT2D eigenvalue weighted by atomic mass is 9.95. The van der Waals surface area contributed by atoms with Gasteiger partial charge in [-0.05, 0) is 29.7 Å². The van der Waals surface area contributed by atoms with Crippen LogP contribution in [0.2, 0.25) is 0 Å². The molecule has 3 aromatic rings. The van der Waals surface area contributed by atoms with E-state index in [1.165, 1.54) is 5.56 Å². The van der Waals surface area contributed by atoms with Crippen molar-refractivity contribution in [1.29, 1.82) is 0 Å². The number of hydrogen-bond acceptors (Lipinski definition) is 8. The predicted octanol–water partition coefficient (Wildman–Crippen LogP) is 3.54. The molecule has 2 aromatic carbocycles. The van der Waals surface area contributed by atoms with E-state index in [4.69, 9.17) is 25.7 Å². The molecule has 8 heteroatoms. The van der Waals surface area contributed by atoms with Crippen molar-refractivity contribution in [3.05, 3.63) is 65.4 Å². The van der Waals surface area contributed by atoms with Crippen LogP contribution in [0.25, 0.3) is 0 Å². The molecule has 0 radical (unpaired) electrons. The molecule has 1 aliphatic heterocycles. The molecule has 2 atom stereocenters. The molecule has 1 aliphatic rings. The molecule has 0 spiro atoms. The highest BCUT2D eigenvalue weighted by molar-refractivity contribution is 5.55. The molecular weight excluding hydrogens is 430 g/mol. The Morgan fingerprint density at radius 1 is 1.03 bits per heavy atom. The normalized spacial score (nSPS) is 18.4. The minimum absolute atomic E-state index is 0.0711. The Balaban J connectivity index is 1.48. The number of nitrogens with zero attached hydrogens (tertiary/aromatic N) is 3. The van der Waals surface area contributed by atoms with Gasteiger partial charge in [-0.2, -0.15) is 4.98 Å². The van der Waals surface area contributed by atoms with Gasteiger partial charge in [0.2, 0.25) is 11.7 Å². The highest BCUT2D eigenvalue weighted by Gasteiger charge is 2.29.